The lowest BCUT2D eigenvalue weighted by Crippen LogP contribution is -2.05. The van der Waals surface area contributed by atoms with Gasteiger partial charge in [0.05, 0.1) is 19.0 Å². The van der Waals surface area contributed by atoms with E-state index in [1.807, 2.05) is 0 Å². The molecule has 0 aliphatic carbocycles. The number of esters is 1. The molecule has 0 atom stereocenters. The second-order valence-electron chi connectivity index (χ2n) is 3.92. The number of rotatable bonds is 3. The minimum Gasteiger partial charge on any atom is -0.464 e. The van der Waals surface area contributed by atoms with Gasteiger partial charge in [-0.2, -0.15) is 0 Å². The molecule has 0 radical (unpaired) electrons. The van der Waals surface area contributed by atoms with Crippen LogP contribution in [0.5, 0.6) is 0 Å². The van der Waals surface area contributed by atoms with Crippen LogP contribution in [-0.2, 0) is 16.0 Å². The highest BCUT2D eigenvalue weighted by molar-refractivity contribution is 5.95. The van der Waals surface area contributed by atoms with E-state index in [0.717, 1.165) is 0 Å². The summed E-state index contributed by atoms with van der Waals surface area (Å²) in [5.41, 5.74) is 6.55. The quantitative estimate of drug-likeness (QED) is 0.812. The van der Waals surface area contributed by atoms with Crippen LogP contribution < -0.4 is 5.73 Å². The van der Waals surface area contributed by atoms with Crippen LogP contribution in [0.25, 0.3) is 5.52 Å². The first-order valence-corrected chi connectivity index (χ1v) is 5.38. The lowest BCUT2D eigenvalue weighted by molar-refractivity contribution is -0.116. The number of hydrogen-bond acceptors (Lipinski definition) is 5. The number of aromatic nitrogens is 2. The third-order valence-corrected chi connectivity index (χ3v) is 2.55. The number of carbonyl (C=O) groups is 2. The molecular weight excluding hydrogens is 234 g/mol. The van der Waals surface area contributed by atoms with Gasteiger partial charge in [-0.1, -0.05) is 6.07 Å². The highest BCUT2D eigenvalue weighted by atomic mass is 16.5. The van der Waals surface area contributed by atoms with Gasteiger partial charge in [0.15, 0.2) is 5.69 Å². The Bertz CT molecular complexity index is 631. The zero-order chi connectivity index (χ0) is 13.3. The summed E-state index contributed by atoms with van der Waals surface area (Å²) >= 11 is 0. The number of nitrogens with two attached hydrogens (primary N) is 1. The summed E-state index contributed by atoms with van der Waals surface area (Å²) in [7, 11) is 1.28. The number of anilines is 1. The number of methoxy groups -OCH3 is 1. The predicted molar refractivity (Wildman–Crippen MR) is 65.3 cm³/mol. The van der Waals surface area contributed by atoms with Crippen molar-refractivity contribution in [3.8, 4) is 0 Å². The minimum absolute atomic E-state index is 0.0541. The third kappa shape index (κ3) is 1.92. The number of ether oxygens (including phenoxy) is 1. The number of Topliss-reactive ketones (excluding diaryl/α,β-unsaturated/α-hetero) is 1. The fraction of sp³-hybridized carbons (Fsp3) is 0.250. The van der Waals surface area contributed by atoms with Gasteiger partial charge in [-0.3, -0.25) is 9.20 Å². The highest BCUT2D eigenvalue weighted by Gasteiger charge is 2.19. The highest BCUT2D eigenvalue weighted by Crippen LogP contribution is 2.18. The molecule has 0 spiro atoms. The van der Waals surface area contributed by atoms with E-state index in [4.69, 9.17) is 5.73 Å². The number of pyridine rings is 1. The second kappa shape index (κ2) is 4.48. The number of nitrogens with zero attached hydrogens (tertiary/aromatic N) is 2. The first-order chi connectivity index (χ1) is 8.54. The molecule has 6 heteroatoms. The van der Waals surface area contributed by atoms with Crippen molar-refractivity contribution in [3.63, 3.8) is 0 Å². The summed E-state index contributed by atoms with van der Waals surface area (Å²) in [5, 5.41) is 0. The molecule has 6 nitrogen and oxygen atoms in total. The lowest BCUT2D eigenvalue weighted by atomic mass is 10.3. The van der Waals surface area contributed by atoms with Crippen LogP contribution >= 0.6 is 0 Å². The number of ketones is 1. The normalized spacial score (nSPS) is 10.6. The van der Waals surface area contributed by atoms with Gasteiger partial charge >= 0.3 is 5.97 Å². The average Bonchev–Trinajstić information content (AvgIpc) is 2.68. The van der Waals surface area contributed by atoms with Crippen molar-refractivity contribution >= 4 is 23.1 Å². The molecule has 0 bridgehead atoms. The van der Waals surface area contributed by atoms with Gasteiger partial charge in [0.2, 0.25) is 0 Å². The van der Waals surface area contributed by atoms with Gasteiger partial charge in [-0.05, 0) is 19.1 Å². The lowest BCUT2D eigenvalue weighted by Gasteiger charge is -2.02. The van der Waals surface area contributed by atoms with Crippen molar-refractivity contribution in [2.75, 3.05) is 12.8 Å². The molecule has 2 heterocycles. The summed E-state index contributed by atoms with van der Waals surface area (Å²) in [5.74, 6) is 0.261. The molecular formula is C12H13N3O3. The monoisotopic (exact) mass is 247 g/mol. The van der Waals surface area contributed by atoms with E-state index >= 15 is 0 Å². The fourth-order valence-electron chi connectivity index (χ4n) is 1.82. The Labute approximate surface area is 103 Å². The Hall–Kier alpha value is -2.37. The van der Waals surface area contributed by atoms with E-state index in [2.05, 4.69) is 9.72 Å². The molecule has 0 aliphatic rings. The van der Waals surface area contributed by atoms with Crippen LogP contribution in [0.15, 0.2) is 18.2 Å². The smallest absolute Gasteiger partial charge is 0.358 e. The van der Waals surface area contributed by atoms with E-state index in [-0.39, 0.29) is 17.9 Å². The third-order valence-electron chi connectivity index (χ3n) is 2.55. The molecule has 94 valence electrons. The van der Waals surface area contributed by atoms with Crippen LogP contribution in [0.4, 0.5) is 5.82 Å². The number of imidazole rings is 1. The Kier molecular flexibility index (Phi) is 3.01. The molecule has 2 N–H and O–H groups in total. The maximum atomic E-state index is 11.6. The summed E-state index contributed by atoms with van der Waals surface area (Å²) < 4.78 is 6.25. The Morgan fingerprint density at radius 3 is 2.78 bits per heavy atom. The van der Waals surface area contributed by atoms with Crippen molar-refractivity contribution in [2.24, 2.45) is 0 Å². The minimum atomic E-state index is -0.548. The molecule has 2 aromatic heterocycles. The summed E-state index contributed by atoms with van der Waals surface area (Å²) in [6.45, 7) is 1.46. The van der Waals surface area contributed by atoms with Crippen molar-refractivity contribution in [1.82, 2.24) is 9.38 Å². The van der Waals surface area contributed by atoms with Crippen LogP contribution in [0.2, 0.25) is 0 Å². The van der Waals surface area contributed by atoms with E-state index in [0.29, 0.717) is 17.2 Å². The molecule has 0 aromatic carbocycles. The SMILES string of the molecule is COC(=O)c1nc(CC(C)=O)n2c(N)cccc12. The van der Waals surface area contributed by atoms with Gasteiger partial charge in [0.1, 0.15) is 17.4 Å². The summed E-state index contributed by atoms with van der Waals surface area (Å²) in [4.78, 5) is 27.0. The number of hydrogen-bond donors (Lipinski definition) is 1. The number of nitrogen functional groups attached to an aromatic ring is 1. The van der Waals surface area contributed by atoms with Gasteiger partial charge in [-0.15, -0.1) is 0 Å². The summed E-state index contributed by atoms with van der Waals surface area (Å²) in [6.07, 6.45) is 0.117. The Morgan fingerprint density at radius 1 is 1.44 bits per heavy atom. The first kappa shape index (κ1) is 12.1. The van der Waals surface area contributed by atoms with Crippen molar-refractivity contribution in [3.05, 3.63) is 29.7 Å². The van der Waals surface area contributed by atoms with E-state index < -0.39 is 5.97 Å². The van der Waals surface area contributed by atoms with Gasteiger partial charge in [0, 0.05) is 0 Å². The van der Waals surface area contributed by atoms with Crippen molar-refractivity contribution in [1.29, 1.82) is 0 Å². The van der Waals surface area contributed by atoms with Crippen LogP contribution in [0, 0.1) is 0 Å². The van der Waals surface area contributed by atoms with Crippen molar-refractivity contribution < 1.29 is 14.3 Å². The fourth-order valence-corrected chi connectivity index (χ4v) is 1.82. The average molecular weight is 247 g/mol. The molecule has 0 fully saturated rings. The summed E-state index contributed by atoms with van der Waals surface area (Å²) in [6, 6.07) is 5.11. The van der Waals surface area contributed by atoms with Gasteiger partial charge < -0.3 is 10.5 Å². The Balaban J connectivity index is 2.71. The standard InChI is InChI=1S/C12H13N3O3/c1-7(16)6-10-14-11(12(17)18-2)8-4-3-5-9(13)15(8)10/h3-5H,6,13H2,1-2H3. The number of carbonyl (C=O) groups excluding carboxylic acids is 2. The van der Waals surface area contributed by atoms with Crippen molar-refractivity contribution in [2.45, 2.75) is 13.3 Å². The van der Waals surface area contributed by atoms with Crippen LogP contribution in [0.1, 0.15) is 23.2 Å². The molecule has 2 aromatic rings. The molecule has 0 saturated heterocycles. The zero-order valence-corrected chi connectivity index (χ0v) is 10.1. The molecule has 0 aliphatic heterocycles. The van der Waals surface area contributed by atoms with E-state index in [1.54, 1.807) is 22.6 Å². The maximum Gasteiger partial charge on any atom is 0.358 e. The van der Waals surface area contributed by atoms with Crippen LogP contribution in [-0.4, -0.2) is 28.2 Å². The predicted octanol–water partition coefficient (Wildman–Crippen LogP) is 0.835. The Morgan fingerprint density at radius 2 is 2.17 bits per heavy atom. The molecule has 0 saturated carbocycles. The zero-order valence-electron chi connectivity index (χ0n) is 10.1. The van der Waals surface area contributed by atoms with Gasteiger partial charge in [0.25, 0.3) is 0 Å². The molecule has 18 heavy (non-hydrogen) atoms. The molecule has 0 unspecified atom stereocenters. The molecule has 0 amide bonds. The van der Waals surface area contributed by atoms with Gasteiger partial charge in [-0.25, -0.2) is 9.78 Å². The second-order valence-corrected chi connectivity index (χ2v) is 3.92. The number of fused-ring (bicyclic) bond motifs is 1. The molecule has 2 rings (SSSR count). The first-order valence-electron chi connectivity index (χ1n) is 5.38. The largest absolute Gasteiger partial charge is 0.464 e. The van der Waals surface area contributed by atoms with E-state index in [9.17, 15) is 9.59 Å². The van der Waals surface area contributed by atoms with E-state index in [1.165, 1.54) is 14.0 Å². The topological polar surface area (TPSA) is 86.7 Å². The maximum absolute atomic E-state index is 11.6. The van der Waals surface area contributed by atoms with Crippen LogP contribution in [0.3, 0.4) is 0 Å².